The minimum atomic E-state index is 0.358. The summed E-state index contributed by atoms with van der Waals surface area (Å²) in [5.41, 5.74) is 0. The molecule has 2 atom stereocenters. The van der Waals surface area contributed by atoms with Crippen molar-refractivity contribution in [3.8, 4) is 0 Å². The third-order valence-corrected chi connectivity index (χ3v) is 1.90. The Labute approximate surface area is 53.9 Å². The van der Waals surface area contributed by atoms with E-state index in [4.69, 9.17) is 0 Å². The van der Waals surface area contributed by atoms with E-state index in [0.717, 1.165) is 0 Å². The van der Waals surface area contributed by atoms with Crippen LogP contribution in [0.3, 0.4) is 0 Å². The highest BCUT2D eigenvalue weighted by Crippen LogP contribution is 2.16. The van der Waals surface area contributed by atoms with E-state index in [1.165, 1.54) is 0 Å². The molecular weight excluding hydrogens is 114 g/mol. The summed E-state index contributed by atoms with van der Waals surface area (Å²) in [4.78, 5) is 10.8. The predicted octanol–water partition coefficient (Wildman–Crippen LogP) is 0.246. The van der Waals surface area contributed by atoms with Crippen molar-refractivity contribution in [3.05, 3.63) is 12.2 Å². The maximum atomic E-state index is 10.8. The number of hydrogen-bond donors (Lipinski definition) is 1. The Hall–Kier alpha value is -0.630. The van der Waals surface area contributed by atoms with Gasteiger partial charge in [-0.05, 0) is 0 Å². The third-order valence-electron chi connectivity index (χ3n) is 1.90. The highest BCUT2D eigenvalue weighted by atomic mass is 16.1. The molecule has 0 spiro atoms. The quantitative estimate of drug-likeness (QED) is 0.468. The van der Waals surface area contributed by atoms with Gasteiger partial charge in [-0.15, -0.1) is 0 Å². The van der Waals surface area contributed by atoms with Crippen molar-refractivity contribution in [1.29, 1.82) is 0 Å². The molecule has 0 radical (unpaired) electrons. The number of fused-ring (bicyclic) bond motifs is 2. The summed E-state index contributed by atoms with van der Waals surface area (Å²) in [7, 11) is 0. The van der Waals surface area contributed by atoms with Crippen molar-refractivity contribution in [2.24, 2.45) is 0 Å². The summed E-state index contributed by atoms with van der Waals surface area (Å²) >= 11 is 0. The van der Waals surface area contributed by atoms with Crippen LogP contribution >= 0.6 is 0 Å². The second kappa shape index (κ2) is 1.67. The Bertz CT molecular complexity index is 158. The smallest absolute Gasteiger partial charge is 0.136 e. The topological polar surface area (TPSA) is 29.1 Å². The zero-order chi connectivity index (χ0) is 6.27. The third kappa shape index (κ3) is 0.793. The summed E-state index contributed by atoms with van der Waals surface area (Å²) < 4.78 is 0. The van der Waals surface area contributed by atoms with Gasteiger partial charge >= 0.3 is 0 Å². The maximum Gasteiger partial charge on any atom is 0.136 e. The normalized spacial score (nSPS) is 39.8. The second-order valence-electron chi connectivity index (χ2n) is 2.71. The lowest BCUT2D eigenvalue weighted by atomic mass is 10.0. The monoisotopic (exact) mass is 123 g/mol. The molecule has 2 bridgehead atoms. The summed E-state index contributed by atoms with van der Waals surface area (Å²) in [6.07, 6.45) is 5.59. The second-order valence-corrected chi connectivity index (χ2v) is 2.71. The van der Waals surface area contributed by atoms with Gasteiger partial charge in [0.1, 0.15) is 5.78 Å². The molecule has 2 aliphatic heterocycles. The van der Waals surface area contributed by atoms with Crippen LogP contribution in [0.15, 0.2) is 12.2 Å². The molecule has 1 saturated heterocycles. The van der Waals surface area contributed by atoms with Gasteiger partial charge in [-0.3, -0.25) is 4.79 Å². The zero-order valence-corrected chi connectivity index (χ0v) is 5.13. The van der Waals surface area contributed by atoms with E-state index >= 15 is 0 Å². The van der Waals surface area contributed by atoms with Gasteiger partial charge in [0.05, 0.1) is 0 Å². The van der Waals surface area contributed by atoms with Gasteiger partial charge in [0, 0.05) is 24.9 Å². The standard InChI is InChI=1S/C7H9NO/c9-7-3-5-1-2-6(4-7)8-5/h1-2,5-6,8H,3-4H2. The summed E-state index contributed by atoms with van der Waals surface area (Å²) in [6, 6.07) is 0.715. The van der Waals surface area contributed by atoms with Gasteiger partial charge in [-0.1, -0.05) is 12.2 Å². The molecule has 0 aromatic rings. The molecule has 48 valence electrons. The highest BCUT2D eigenvalue weighted by Gasteiger charge is 2.27. The largest absolute Gasteiger partial charge is 0.303 e. The van der Waals surface area contributed by atoms with Crippen LogP contribution in [0.1, 0.15) is 12.8 Å². The lowest BCUT2D eigenvalue weighted by Gasteiger charge is -2.19. The average molecular weight is 123 g/mol. The van der Waals surface area contributed by atoms with E-state index in [1.807, 2.05) is 0 Å². The Kier molecular flexibility index (Phi) is 0.963. The molecule has 1 fully saturated rings. The summed E-state index contributed by atoms with van der Waals surface area (Å²) in [5.74, 6) is 0.397. The molecule has 0 amide bonds. The number of ketones is 1. The molecule has 2 aliphatic rings. The first-order chi connectivity index (χ1) is 4.34. The van der Waals surface area contributed by atoms with Crippen molar-refractivity contribution >= 4 is 5.78 Å². The van der Waals surface area contributed by atoms with Gasteiger partial charge in [-0.25, -0.2) is 0 Å². The number of carbonyl (C=O) groups is 1. The molecule has 0 aromatic heterocycles. The predicted molar refractivity (Wildman–Crippen MR) is 34.1 cm³/mol. The van der Waals surface area contributed by atoms with Crippen molar-refractivity contribution in [2.45, 2.75) is 24.9 Å². The van der Waals surface area contributed by atoms with Crippen molar-refractivity contribution in [1.82, 2.24) is 5.32 Å². The molecule has 2 heterocycles. The summed E-state index contributed by atoms with van der Waals surface area (Å²) in [5, 5.41) is 3.29. The minimum Gasteiger partial charge on any atom is -0.303 e. The van der Waals surface area contributed by atoms with E-state index in [2.05, 4.69) is 17.5 Å². The average Bonchev–Trinajstić information content (AvgIpc) is 2.11. The van der Waals surface area contributed by atoms with Crippen molar-refractivity contribution in [2.75, 3.05) is 0 Å². The van der Waals surface area contributed by atoms with Gasteiger partial charge in [-0.2, -0.15) is 0 Å². The Balaban J connectivity index is 2.18. The van der Waals surface area contributed by atoms with Crippen LogP contribution in [0.2, 0.25) is 0 Å². The van der Waals surface area contributed by atoms with Gasteiger partial charge < -0.3 is 5.32 Å². The Morgan fingerprint density at radius 1 is 1.33 bits per heavy atom. The van der Waals surface area contributed by atoms with Gasteiger partial charge in [0.15, 0.2) is 0 Å². The lowest BCUT2D eigenvalue weighted by Crippen LogP contribution is -2.39. The molecule has 2 rings (SSSR count). The highest BCUT2D eigenvalue weighted by molar-refractivity contribution is 5.81. The Morgan fingerprint density at radius 2 is 1.89 bits per heavy atom. The van der Waals surface area contributed by atoms with Crippen LogP contribution in [-0.4, -0.2) is 17.9 Å². The fourth-order valence-corrected chi connectivity index (χ4v) is 1.48. The number of hydrogen-bond acceptors (Lipinski definition) is 2. The van der Waals surface area contributed by atoms with E-state index in [1.54, 1.807) is 0 Å². The first-order valence-corrected chi connectivity index (χ1v) is 3.31. The molecule has 0 aromatic carbocycles. The SMILES string of the molecule is O=C1CC2C=CC(C1)N2. The Morgan fingerprint density at radius 3 is 2.44 bits per heavy atom. The van der Waals surface area contributed by atoms with Crippen LogP contribution in [0.4, 0.5) is 0 Å². The maximum absolute atomic E-state index is 10.8. The number of Topliss-reactive ketones (excluding diaryl/α,β-unsaturated/α-hetero) is 1. The van der Waals surface area contributed by atoms with E-state index in [9.17, 15) is 4.79 Å². The van der Waals surface area contributed by atoms with Gasteiger partial charge in [0.2, 0.25) is 0 Å². The van der Waals surface area contributed by atoms with E-state index < -0.39 is 0 Å². The number of piperidine rings is 1. The molecule has 0 saturated carbocycles. The number of carbonyl (C=O) groups excluding carboxylic acids is 1. The van der Waals surface area contributed by atoms with Crippen LogP contribution in [0, 0.1) is 0 Å². The minimum absolute atomic E-state index is 0.358. The molecule has 1 N–H and O–H groups in total. The first-order valence-electron chi connectivity index (χ1n) is 3.31. The molecule has 0 aliphatic carbocycles. The molecule has 2 heteroatoms. The van der Waals surface area contributed by atoms with E-state index in [0.29, 0.717) is 30.7 Å². The fourth-order valence-electron chi connectivity index (χ4n) is 1.48. The van der Waals surface area contributed by atoms with Crippen LogP contribution in [0.5, 0.6) is 0 Å². The molecule has 2 unspecified atom stereocenters. The first kappa shape index (κ1) is 5.18. The van der Waals surface area contributed by atoms with Crippen LogP contribution < -0.4 is 5.32 Å². The lowest BCUT2D eigenvalue weighted by molar-refractivity contribution is -0.120. The number of rotatable bonds is 0. The molecule has 2 nitrogen and oxygen atoms in total. The van der Waals surface area contributed by atoms with Gasteiger partial charge in [0.25, 0.3) is 0 Å². The molecular formula is C7H9NO. The van der Waals surface area contributed by atoms with Crippen LogP contribution in [0.25, 0.3) is 0 Å². The van der Waals surface area contributed by atoms with Crippen molar-refractivity contribution in [3.63, 3.8) is 0 Å². The number of nitrogens with one attached hydrogen (secondary N) is 1. The summed E-state index contributed by atoms with van der Waals surface area (Å²) in [6.45, 7) is 0. The zero-order valence-electron chi connectivity index (χ0n) is 5.13. The van der Waals surface area contributed by atoms with Crippen molar-refractivity contribution < 1.29 is 4.79 Å². The van der Waals surface area contributed by atoms with Crippen LogP contribution in [-0.2, 0) is 4.79 Å². The molecule has 9 heavy (non-hydrogen) atoms. The van der Waals surface area contributed by atoms with E-state index in [-0.39, 0.29) is 0 Å². The fraction of sp³-hybridized carbons (Fsp3) is 0.571.